The van der Waals surface area contributed by atoms with Gasteiger partial charge in [0.05, 0.1) is 0 Å². The SMILES string of the molecule is Nc1nnc(N2CCCC(c3ccn[nH]3)C2)s1. The molecule has 1 aliphatic heterocycles. The van der Waals surface area contributed by atoms with Crippen LogP contribution in [0.3, 0.4) is 0 Å². The Hall–Kier alpha value is -1.63. The van der Waals surface area contributed by atoms with Gasteiger partial charge in [-0.3, -0.25) is 5.10 Å². The highest BCUT2D eigenvalue weighted by molar-refractivity contribution is 7.18. The van der Waals surface area contributed by atoms with E-state index in [0.29, 0.717) is 11.0 Å². The Morgan fingerprint density at radius 3 is 3.12 bits per heavy atom. The normalized spacial score (nSPS) is 20.7. The van der Waals surface area contributed by atoms with Crippen molar-refractivity contribution in [2.45, 2.75) is 18.8 Å². The third-order valence-electron chi connectivity index (χ3n) is 3.08. The maximum absolute atomic E-state index is 5.62. The molecule has 0 bridgehead atoms. The second kappa shape index (κ2) is 4.33. The highest BCUT2D eigenvalue weighted by Crippen LogP contribution is 2.30. The molecule has 0 aliphatic carbocycles. The van der Waals surface area contributed by atoms with Crippen LogP contribution in [0.5, 0.6) is 0 Å². The number of piperidine rings is 1. The number of nitrogens with one attached hydrogen (secondary N) is 1. The topological polar surface area (TPSA) is 83.7 Å². The first-order valence-electron chi connectivity index (χ1n) is 5.66. The lowest BCUT2D eigenvalue weighted by Gasteiger charge is -2.31. The molecule has 3 rings (SSSR count). The summed E-state index contributed by atoms with van der Waals surface area (Å²) in [5.41, 5.74) is 6.82. The third kappa shape index (κ3) is 2.10. The molecule has 0 aromatic carbocycles. The summed E-state index contributed by atoms with van der Waals surface area (Å²) < 4.78 is 0. The van der Waals surface area contributed by atoms with Crippen molar-refractivity contribution in [2.24, 2.45) is 0 Å². The van der Waals surface area contributed by atoms with Gasteiger partial charge in [0.15, 0.2) is 0 Å². The standard InChI is InChI=1S/C10H14N6S/c11-9-14-15-10(17-9)16-5-1-2-7(6-16)8-3-4-12-13-8/h3-4,7H,1-2,5-6H2,(H2,11,14)(H,12,13). The highest BCUT2D eigenvalue weighted by atomic mass is 32.1. The molecule has 1 atom stereocenters. The van der Waals surface area contributed by atoms with Gasteiger partial charge < -0.3 is 10.6 Å². The molecule has 1 fully saturated rings. The van der Waals surface area contributed by atoms with Gasteiger partial charge in [-0.05, 0) is 18.9 Å². The number of aromatic nitrogens is 4. The summed E-state index contributed by atoms with van der Waals surface area (Å²) in [5, 5.41) is 16.5. The fourth-order valence-electron chi connectivity index (χ4n) is 2.25. The number of H-pyrrole nitrogens is 1. The van der Waals surface area contributed by atoms with Crippen molar-refractivity contribution < 1.29 is 0 Å². The van der Waals surface area contributed by atoms with Gasteiger partial charge >= 0.3 is 0 Å². The van der Waals surface area contributed by atoms with Gasteiger partial charge in [0.1, 0.15) is 0 Å². The maximum atomic E-state index is 5.62. The van der Waals surface area contributed by atoms with Crippen molar-refractivity contribution in [3.05, 3.63) is 18.0 Å². The summed E-state index contributed by atoms with van der Waals surface area (Å²) in [6, 6.07) is 2.04. The van der Waals surface area contributed by atoms with E-state index in [1.165, 1.54) is 23.5 Å². The number of hydrogen-bond acceptors (Lipinski definition) is 6. The predicted octanol–water partition coefficient (Wildman–Crippen LogP) is 1.23. The maximum Gasteiger partial charge on any atom is 0.210 e. The lowest BCUT2D eigenvalue weighted by atomic mass is 9.95. The molecule has 3 N–H and O–H groups in total. The fourth-order valence-corrected chi connectivity index (χ4v) is 2.90. The molecular formula is C10H14N6S. The molecule has 7 heteroatoms. The quantitative estimate of drug-likeness (QED) is 0.837. The van der Waals surface area contributed by atoms with Crippen LogP contribution in [0, 0.1) is 0 Å². The Kier molecular flexibility index (Phi) is 2.68. The number of nitrogens with zero attached hydrogens (tertiary/aromatic N) is 4. The number of nitrogens with two attached hydrogens (primary N) is 1. The number of hydrogen-bond donors (Lipinski definition) is 2. The molecule has 0 amide bonds. The lowest BCUT2D eigenvalue weighted by molar-refractivity contribution is 0.499. The molecule has 1 unspecified atom stereocenters. The van der Waals surface area contributed by atoms with Gasteiger partial charge in [0.2, 0.25) is 10.3 Å². The average Bonchev–Trinajstić information content (AvgIpc) is 3.00. The van der Waals surface area contributed by atoms with Gasteiger partial charge in [0, 0.05) is 30.9 Å². The molecule has 0 saturated carbocycles. The zero-order valence-electron chi connectivity index (χ0n) is 9.33. The van der Waals surface area contributed by atoms with Crippen molar-refractivity contribution in [3.8, 4) is 0 Å². The van der Waals surface area contributed by atoms with Crippen molar-refractivity contribution >= 4 is 21.6 Å². The summed E-state index contributed by atoms with van der Waals surface area (Å²) >= 11 is 1.45. The number of anilines is 2. The molecular weight excluding hydrogens is 236 g/mol. The summed E-state index contributed by atoms with van der Waals surface area (Å²) in [7, 11) is 0. The lowest BCUT2D eigenvalue weighted by Crippen LogP contribution is -2.34. The number of rotatable bonds is 2. The Morgan fingerprint density at radius 2 is 2.41 bits per heavy atom. The molecule has 6 nitrogen and oxygen atoms in total. The fraction of sp³-hybridized carbons (Fsp3) is 0.500. The monoisotopic (exact) mass is 250 g/mol. The molecule has 2 aromatic rings. The van der Waals surface area contributed by atoms with Crippen molar-refractivity contribution in [3.63, 3.8) is 0 Å². The zero-order chi connectivity index (χ0) is 11.7. The summed E-state index contributed by atoms with van der Waals surface area (Å²) in [6.07, 6.45) is 4.15. The Labute approximate surface area is 103 Å². The molecule has 1 saturated heterocycles. The third-order valence-corrected chi connectivity index (χ3v) is 3.90. The molecule has 3 heterocycles. The van der Waals surface area contributed by atoms with Crippen LogP contribution in [0.2, 0.25) is 0 Å². The zero-order valence-corrected chi connectivity index (χ0v) is 10.2. The first kappa shape index (κ1) is 10.5. The summed E-state index contributed by atoms with van der Waals surface area (Å²) in [4.78, 5) is 2.25. The van der Waals surface area contributed by atoms with Gasteiger partial charge in [-0.1, -0.05) is 11.3 Å². The molecule has 2 aromatic heterocycles. The largest absolute Gasteiger partial charge is 0.374 e. The second-order valence-electron chi connectivity index (χ2n) is 4.22. The predicted molar refractivity (Wildman–Crippen MR) is 67.1 cm³/mol. The van der Waals surface area contributed by atoms with Crippen LogP contribution in [0.1, 0.15) is 24.5 Å². The van der Waals surface area contributed by atoms with Crippen LogP contribution in [0.15, 0.2) is 12.3 Å². The van der Waals surface area contributed by atoms with Crippen LogP contribution in [0.25, 0.3) is 0 Å². The number of aromatic amines is 1. The molecule has 1 aliphatic rings. The average molecular weight is 250 g/mol. The Bertz CT molecular complexity index is 479. The van der Waals surface area contributed by atoms with Crippen LogP contribution >= 0.6 is 11.3 Å². The molecule has 17 heavy (non-hydrogen) atoms. The van der Waals surface area contributed by atoms with E-state index < -0.39 is 0 Å². The molecule has 0 spiro atoms. The van der Waals surface area contributed by atoms with E-state index in [4.69, 9.17) is 5.73 Å². The van der Waals surface area contributed by atoms with Gasteiger partial charge in [-0.2, -0.15) is 5.10 Å². The molecule has 0 radical (unpaired) electrons. The summed E-state index contributed by atoms with van der Waals surface area (Å²) in [5.74, 6) is 0.497. The van der Waals surface area contributed by atoms with E-state index >= 15 is 0 Å². The van der Waals surface area contributed by atoms with Gasteiger partial charge in [-0.25, -0.2) is 0 Å². The minimum Gasteiger partial charge on any atom is -0.374 e. The van der Waals surface area contributed by atoms with E-state index in [9.17, 15) is 0 Å². The minimum atomic E-state index is 0.497. The van der Waals surface area contributed by atoms with Gasteiger partial charge in [0.25, 0.3) is 0 Å². The van der Waals surface area contributed by atoms with Crippen LogP contribution < -0.4 is 10.6 Å². The smallest absolute Gasteiger partial charge is 0.210 e. The van der Waals surface area contributed by atoms with Crippen molar-refractivity contribution in [1.29, 1.82) is 0 Å². The molecule has 90 valence electrons. The van der Waals surface area contributed by atoms with E-state index in [-0.39, 0.29) is 0 Å². The van der Waals surface area contributed by atoms with Gasteiger partial charge in [-0.15, -0.1) is 10.2 Å². The second-order valence-corrected chi connectivity index (χ2v) is 5.21. The summed E-state index contributed by atoms with van der Waals surface area (Å²) in [6.45, 7) is 1.98. The van der Waals surface area contributed by atoms with Crippen molar-refractivity contribution in [2.75, 3.05) is 23.7 Å². The van der Waals surface area contributed by atoms with Crippen LogP contribution in [-0.2, 0) is 0 Å². The minimum absolute atomic E-state index is 0.497. The first-order chi connectivity index (χ1) is 8.33. The number of nitrogen functional groups attached to an aromatic ring is 1. The van der Waals surface area contributed by atoms with E-state index in [2.05, 4.69) is 25.3 Å². The highest BCUT2D eigenvalue weighted by Gasteiger charge is 2.24. The van der Waals surface area contributed by atoms with Crippen molar-refractivity contribution in [1.82, 2.24) is 20.4 Å². The first-order valence-corrected chi connectivity index (χ1v) is 6.48. The van der Waals surface area contributed by atoms with E-state index in [1.807, 2.05) is 6.07 Å². The Morgan fingerprint density at radius 1 is 1.47 bits per heavy atom. The van der Waals surface area contributed by atoms with Crippen LogP contribution in [-0.4, -0.2) is 33.5 Å². The van der Waals surface area contributed by atoms with Crippen LogP contribution in [0.4, 0.5) is 10.3 Å². The van der Waals surface area contributed by atoms with E-state index in [1.54, 1.807) is 6.20 Å². The van der Waals surface area contributed by atoms with E-state index in [0.717, 1.165) is 24.6 Å². The Balaban J connectivity index is 1.76.